The SMILES string of the molecule is C=CC(C)=C1OO1. The molecule has 1 aliphatic heterocycles. The van der Waals surface area contributed by atoms with Crippen LogP contribution in [-0.4, -0.2) is 0 Å². The van der Waals surface area contributed by atoms with Gasteiger partial charge in [0.2, 0.25) is 0 Å². The highest BCUT2D eigenvalue weighted by Crippen LogP contribution is 2.21. The molecule has 0 amide bonds. The van der Waals surface area contributed by atoms with Gasteiger partial charge in [-0.3, -0.25) is 0 Å². The van der Waals surface area contributed by atoms with E-state index in [1.165, 1.54) is 0 Å². The van der Waals surface area contributed by atoms with Crippen molar-refractivity contribution >= 4 is 0 Å². The van der Waals surface area contributed by atoms with Crippen LogP contribution < -0.4 is 0 Å². The minimum absolute atomic E-state index is 0.593. The van der Waals surface area contributed by atoms with Gasteiger partial charge in [-0.2, -0.15) is 0 Å². The van der Waals surface area contributed by atoms with Gasteiger partial charge < -0.3 is 0 Å². The average Bonchev–Trinajstić information content (AvgIpc) is 2.44. The highest BCUT2D eigenvalue weighted by Gasteiger charge is 2.19. The lowest BCUT2D eigenvalue weighted by molar-refractivity contribution is 0.0850. The molecule has 1 rings (SSSR count). The number of hydrogen-bond donors (Lipinski definition) is 0. The zero-order valence-electron chi connectivity index (χ0n) is 4.10. The van der Waals surface area contributed by atoms with E-state index in [2.05, 4.69) is 16.4 Å². The fourth-order valence-electron chi connectivity index (χ4n) is 0.236. The zero-order valence-corrected chi connectivity index (χ0v) is 4.10. The zero-order chi connectivity index (χ0) is 5.28. The minimum Gasteiger partial charge on any atom is -0.242 e. The Morgan fingerprint density at radius 2 is 2.29 bits per heavy atom. The molecule has 1 heterocycles. The van der Waals surface area contributed by atoms with Crippen LogP contribution in [0.3, 0.4) is 0 Å². The summed E-state index contributed by atoms with van der Waals surface area (Å²) in [5.41, 5.74) is 0.944. The summed E-state index contributed by atoms with van der Waals surface area (Å²) in [5.74, 6) is 0.593. The van der Waals surface area contributed by atoms with E-state index in [1.807, 2.05) is 6.92 Å². The van der Waals surface area contributed by atoms with Crippen molar-refractivity contribution in [2.75, 3.05) is 0 Å². The Balaban J connectivity index is 2.65. The molecule has 2 nitrogen and oxygen atoms in total. The Bertz CT molecular complexity index is 118. The molecule has 7 heavy (non-hydrogen) atoms. The van der Waals surface area contributed by atoms with Crippen molar-refractivity contribution in [2.24, 2.45) is 0 Å². The molecule has 38 valence electrons. The molecule has 0 aromatic rings. The molecule has 0 aromatic heterocycles. The van der Waals surface area contributed by atoms with E-state index in [9.17, 15) is 0 Å². The average molecular weight is 98.1 g/mol. The van der Waals surface area contributed by atoms with E-state index < -0.39 is 0 Å². The van der Waals surface area contributed by atoms with Gasteiger partial charge in [-0.25, -0.2) is 9.78 Å². The second-order valence-corrected chi connectivity index (χ2v) is 1.34. The van der Waals surface area contributed by atoms with Crippen LogP contribution >= 0.6 is 0 Å². The van der Waals surface area contributed by atoms with Gasteiger partial charge in [0, 0.05) is 5.57 Å². The molecule has 1 fully saturated rings. The Morgan fingerprint density at radius 3 is 2.43 bits per heavy atom. The molecule has 0 unspecified atom stereocenters. The Hall–Kier alpha value is -0.920. The van der Waals surface area contributed by atoms with Crippen LogP contribution in [0.1, 0.15) is 6.92 Å². The van der Waals surface area contributed by atoms with Crippen LogP contribution in [0.25, 0.3) is 0 Å². The maximum absolute atomic E-state index is 4.37. The first kappa shape index (κ1) is 4.24. The van der Waals surface area contributed by atoms with Gasteiger partial charge in [0.05, 0.1) is 0 Å². The van der Waals surface area contributed by atoms with Crippen molar-refractivity contribution < 1.29 is 9.78 Å². The summed E-state index contributed by atoms with van der Waals surface area (Å²) in [5, 5.41) is 0. The monoisotopic (exact) mass is 98.0 g/mol. The third-order valence-corrected chi connectivity index (χ3v) is 0.795. The van der Waals surface area contributed by atoms with Gasteiger partial charge in [0.25, 0.3) is 0 Å². The maximum Gasteiger partial charge on any atom is 0.382 e. The van der Waals surface area contributed by atoms with Crippen LogP contribution in [-0.2, 0) is 9.78 Å². The van der Waals surface area contributed by atoms with E-state index in [4.69, 9.17) is 0 Å². The van der Waals surface area contributed by atoms with Crippen LogP contribution in [0.4, 0.5) is 0 Å². The number of hydrogen-bond acceptors (Lipinski definition) is 2. The molecule has 0 bridgehead atoms. The molecule has 0 aliphatic carbocycles. The quantitative estimate of drug-likeness (QED) is 0.365. The number of allylic oxidation sites excluding steroid dienone is 2. The van der Waals surface area contributed by atoms with Gasteiger partial charge in [0.15, 0.2) is 0 Å². The van der Waals surface area contributed by atoms with E-state index in [1.54, 1.807) is 6.08 Å². The second kappa shape index (κ2) is 1.30. The first-order valence-corrected chi connectivity index (χ1v) is 2.02. The number of rotatable bonds is 1. The normalized spacial score (nSPS) is 14.1. The van der Waals surface area contributed by atoms with Crippen molar-refractivity contribution in [1.29, 1.82) is 0 Å². The summed E-state index contributed by atoms with van der Waals surface area (Å²) in [6.07, 6.45) is 1.68. The lowest BCUT2D eigenvalue weighted by Gasteiger charge is -1.70. The van der Waals surface area contributed by atoms with Gasteiger partial charge >= 0.3 is 5.95 Å². The highest BCUT2D eigenvalue weighted by atomic mass is 17.4. The standard InChI is InChI=1S/C5H6O2/c1-3-4(2)5-6-7-5/h3H,1H2,2H3. The first-order valence-electron chi connectivity index (χ1n) is 2.02. The fourth-order valence-corrected chi connectivity index (χ4v) is 0.236. The third-order valence-electron chi connectivity index (χ3n) is 0.795. The topological polar surface area (TPSA) is 25.1 Å². The molecule has 0 atom stereocenters. The van der Waals surface area contributed by atoms with Crippen LogP contribution in [0.2, 0.25) is 0 Å². The summed E-state index contributed by atoms with van der Waals surface area (Å²) in [6.45, 7) is 5.37. The lowest BCUT2D eigenvalue weighted by atomic mass is 10.3. The first-order chi connectivity index (χ1) is 3.34. The third kappa shape index (κ3) is 0.738. The molecule has 0 radical (unpaired) electrons. The van der Waals surface area contributed by atoms with E-state index in [-0.39, 0.29) is 0 Å². The molecule has 0 saturated carbocycles. The predicted octanol–water partition coefficient (Wildman–Crippen LogP) is 1.37. The van der Waals surface area contributed by atoms with Gasteiger partial charge in [-0.1, -0.05) is 12.7 Å². The Kier molecular flexibility index (Phi) is 0.785. The second-order valence-electron chi connectivity index (χ2n) is 1.34. The summed E-state index contributed by atoms with van der Waals surface area (Å²) >= 11 is 0. The van der Waals surface area contributed by atoms with Crippen molar-refractivity contribution in [3.05, 3.63) is 24.2 Å². The summed E-state index contributed by atoms with van der Waals surface area (Å²) < 4.78 is 0. The van der Waals surface area contributed by atoms with Crippen LogP contribution in [0.5, 0.6) is 0 Å². The minimum atomic E-state index is 0.593. The largest absolute Gasteiger partial charge is 0.382 e. The van der Waals surface area contributed by atoms with Gasteiger partial charge in [0.1, 0.15) is 0 Å². The Labute approximate surface area is 42.0 Å². The van der Waals surface area contributed by atoms with E-state index in [0.29, 0.717) is 5.95 Å². The van der Waals surface area contributed by atoms with E-state index >= 15 is 0 Å². The smallest absolute Gasteiger partial charge is 0.242 e. The summed E-state index contributed by atoms with van der Waals surface area (Å²) in [7, 11) is 0. The highest BCUT2D eigenvalue weighted by molar-refractivity contribution is 5.15. The fraction of sp³-hybridized carbons (Fsp3) is 0.200. The lowest BCUT2D eigenvalue weighted by Crippen LogP contribution is -1.61. The van der Waals surface area contributed by atoms with Crippen molar-refractivity contribution in [2.45, 2.75) is 6.92 Å². The molecule has 1 aliphatic rings. The summed E-state index contributed by atoms with van der Waals surface area (Å²) in [4.78, 5) is 8.74. The van der Waals surface area contributed by atoms with Crippen LogP contribution in [0.15, 0.2) is 24.2 Å². The molecule has 0 spiro atoms. The summed E-state index contributed by atoms with van der Waals surface area (Å²) in [6, 6.07) is 0. The molecule has 2 heteroatoms. The van der Waals surface area contributed by atoms with Crippen molar-refractivity contribution in [3.8, 4) is 0 Å². The molecular weight excluding hydrogens is 92.1 g/mol. The molecule has 0 aromatic carbocycles. The predicted molar refractivity (Wildman–Crippen MR) is 25.1 cm³/mol. The van der Waals surface area contributed by atoms with Crippen LogP contribution in [0, 0.1) is 0 Å². The molecule has 1 saturated heterocycles. The Morgan fingerprint density at radius 1 is 1.71 bits per heavy atom. The van der Waals surface area contributed by atoms with Crippen molar-refractivity contribution in [1.82, 2.24) is 0 Å². The molecular formula is C5H6O2. The molecule has 0 N–H and O–H groups in total. The van der Waals surface area contributed by atoms with Gasteiger partial charge in [-0.05, 0) is 6.92 Å². The van der Waals surface area contributed by atoms with Gasteiger partial charge in [-0.15, -0.1) is 0 Å². The van der Waals surface area contributed by atoms with Crippen molar-refractivity contribution in [3.63, 3.8) is 0 Å². The maximum atomic E-state index is 4.37. The van der Waals surface area contributed by atoms with E-state index in [0.717, 1.165) is 5.57 Å².